The highest BCUT2D eigenvalue weighted by molar-refractivity contribution is 6.03. The first-order valence-corrected chi connectivity index (χ1v) is 9.92. The van der Waals surface area contributed by atoms with Crippen LogP contribution in [-0.2, 0) is 11.8 Å². The zero-order chi connectivity index (χ0) is 21.7. The Hall–Kier alpha value is -3.93. The van der Waals surface area contributed by atoms with E-state index < -0.39 is 18.6 Å². The van der Waals surface area contributed by atoms with Crippen molar-refractivity contribution in [2.45, 2.75) is 6.04 Å². The minimum absolute atomic E-state index is 0.305. The van der Waals surface area contributed by atoms with Crippen LogP contribution in [0.25, 0.3) is 22.2 Å². The fourth-order valence-electron chi connectivity index (χ4n) is 4.65. The predicted octanol–water partition coefficient (Wildman–Crippen LogP) is 4.61. The average molecular weight is 414 g/mol. The van der Waals surface area contributed by atoms with Crippen molar-refractivity contribution in [3.8, 4) is 11.3 Å². The van der Waals surface area contributed by atoms with E-state index in [2.05, 4.69) is 0 Å². The first kappa shape index (κ1) is 19.1. The molecular weight excluding hydrogens is 395 g/mol. The summed E-state index contributed by atoms with van der Waals surface area (Å²) in [5.74, 6) is -1.71. The molecule has 1 amide bonds. The van der Waals surface area contributed by atoms with Crippen LogP contribution in [0.5, 0.6) is 0 Å². The summed E-state index contributed by atoms with van der Waals surface area (Å²) in [7, 11) is 1.93. The fourth-order valence-corrected chi connectivity index (χ4v) is 4.65. The first-order valence-electron chi connectivity index (χ1n) is 9.92. The number of amides is 1. The molecule has 0 fully saturated rings. The van der Waals surface area contributed by atoms with Gasteiger partial charge in [-0.05, 0) is 47.5 Å². The molecule has 0 unspecified atom stereocenters. The molecule has 31 heavy (non-hydrogen) atoms. The maximum atomic E-state index is 13.6. The number of aliphatic carboxylic acids is 1. The van der Waals surface area contributed by atoms with Gasteiger partial charge in [-0.2, -0.15) is 0 Å². The molecule has 3 aromatic carbocycles. The molecule has 1 aromatic heterocycles. The SMILES string of the molecule is Cn1c(-c2ccc(F)cc2)c([C@@H]2c3ccccc3C(=O)N2CC(=O)O)c2ccccc21. The number of aromatic nitrogens is 1. The Morgan fingerprint density at radius 3 is 2.42 bits per heavy atom. The third-order valence-corrected chi connectivity index (χ3v) is 5.90. The van der Waals surface area contributed by atoms with Gasteiger partial charge in [0.15, 0.2) is 0 Å². The van der Waals surface area contributed by atoms with Gasteiger partial charge < -0.3 is 14.6 Å². The number of halogens is 1. The van der Waals surface area contributed by atoms with Crippen LogP contribution in [-0.4, -0.2) is 33.0 Å². The molecule has 0 radical (unpaired) electrons. The van der Waals surface area contributed by atoms with E-state index in [-0.39, 0.29) is 11.7 Å². The number of hydrogen-bond donors (Lipinski definition) is 1. The number of para-hydroxylation sites is 1. The van der Waals surface area contributed by atoms with Crippen molar-refractivity contribution in [2.75, 3.05) is 6.54 Å². The van der Waals surface area contributed by atoms with Crippen LogP contribution >= 0.6 is 0 Å². The molecule has 154 valence electrons. The van der Waals surface area contributed by atoms with Gasteiger partial charge in [-0.15, -0.1) is 0 Å². The number of nitrogens with zero attached hydrogens (tertiary/aromatic N) is 2. The zero-order valence-electron chi connectivity index (χ0n) is 16.7. The molecule has 5 nitrogen and oxygen atoms in total. The third-order valence-electron chi connectivity index (χ3n) is 5.90. The quantitative estimate of drug-likeness (QED) is 0.530. The third kappa shape index (κ3) is 2.91. The van der Waals surface area contributed by atoms with Gasteiger partial charge >= 0.3 is 5.97 Å². The zero-order valence-corrected chi connectivity index (χ0v) is 16.7. The molecule has 1 aliphatic rings. The predicted molar refractivity (Wildman–Crippen MR) is 115 cm³/mol. The molecule has 0 saturated heterocycles. The van der Waals surface area contributed by atoms with Crippen LogP contribution in [0.15, 0.2) is 72.8 Å². The minimum atomic E-state index is -1.07. The van der Waals surface area contributed by atoms with Crippen molar-refractivity contribution in [3.63, 3.8) is 0 Å². The Bertz CT molecular complexity index is 1340. The lowest BCUT2D eigenvalue weighted by Crippen LogP contribution is -2.34. The van der Waals surface area contributed by atoms with E-state index in [4.69, 9.17) is 0 Å². The van der Waals surface area contributed by atoms with Crippen LogP contribution in [0.4, 0.5) is 4.39 Å². The van der Waals surface area contributed by atoms with Crippen molar-refractivity contribution in [3.05, 3.63) is 95.3 Å². The summed E-state index contributed by atoms with van der Waals surface area (Å²) in [5.41, 5.74) is 4.68. The standard InChI is InChI=1S/C25H19FN2O3/c1-27-20-9-5-4-8-19(20)22(23(27)15-10-12-16(26)13-11-15)24-17-6-2-3-7-18(17)25(31)28(24)14-21(29)30/h2-13,24H,14H2,1H3,(H,29,30)/t24-/m0/s1. The minimum Gasteiger partial charge on any atom is -0.480 e. The number of rotatable bonds is 4. The van der Waals surface area contributed by atoms with Gasteiger partial charge in [0.1, 0.15) is 12.4 Å². The Balaban J connectivity index is 1.85. The Morgan fingerprint density at radius 2 is 1.68 bits per heavy atom. The van der Waals surface area contributed by atoms with Gasteiger partial charge in [-0.3, -0.25) is 9.59 Å². The number of aryl methyl sites for hydroxylation is 1. The van der Waals surface area contributed by atoms with E-state index in [1.54, 1.807) is 24.3 Å². The molecule has 1 aliphatic heterocycles. The second-order valence-corrected chi connectivity index (χ2v) is 7.66. The number of fused-ring (bicyclic) bond motifs is 2. The second kappa shape index (κ2) is 7.09. The van der Waals surface area contributed by atoms with Crippen molar-refractivity contribution < 1.29 is 19.1 Å². The fraction of sp³-hybridized carbons (Fsp3) is 0.120. The van der Waals surface area contributed by atoms with Crippen LogP contribution in [0.1, 0.15) is 27.5 Å². The van der Waals surface area contributed by atoms with Crippen LogP contribution in [0.3, 0.4) is 0 Å². The summed E-state index contributed by atoms with van der Waals surface area (Å²) in [6.07, 6.45) is 0. The summed E-state index contributed by atoms with van der Waals surface area (Å²) in [4.78, 5) is 26.2. The van der Waals surface area contributed by atoms with Crippen LogP contribution in [0.2, 0.25) is 0 Å². The Morgan fingerprint density at radius 1 is 1.00 bits per heavy atom. The largest absolute Gasteiger partial charge is 0.480 e. The summed E-state index contributed by atoms with van der Waals surface area (Å²) >= 11 is 0. The first-order chi connectivity index (χ1) is 15.0. The smallest absolute Gasteiger partial charge is 0.323 e. The number of carboxylic acid groups (broad SMARTS) is 1. The van der Waals surface area contributed by atoms with Gasteiger partial charge in [-0.1, -0.05) is 36.4 Å². The normalized spacial score (nSPS) is 15.5. The lowest BCUT2D eigenvalue weighted by Gasteiger charge is -2.25. The Kier molecular flexibility index (Phi) is 4.36. The number of carbonyl (C=O) groups excluding carboxylic acids is 1. The molecule has 0 bridgehead atoms. The van der Waals surface area contributed by atoms with Crippen molar-refractivity contribution >= 4 is 22.8 Å². The van der Waals surface area contributed by atoms with E-state index in [9.17, 15) is 19.1 Å². The number of benzene rings is 3. The number of carbonyl (C=O) groups is 2. The van der Waals surface area contributed by atoms with Crippen LogP contribution < -0.4 is 0 Å². The van der Waals surface area contributed by atoms with Crippen molar-refractivity contribution in [1.29, 1.82) is 0 Å². The van der Waals surface area contributed by atoms with Crippen molar-refractivity contribution in [2.24, 2.45) is 7.05 Å². The highest BCUT2D eigenvalue weighted by Crippen LogP contribution is 2.46. The highest BCUT2D eigenvalue weighted by atomic mass is 19.1. The lowest BCUT2D eigenvalue weighted by molar-refractivity contribution is -0.138. The van der Waals surface area contributed by atoms with Gasteiger partial charge in [0, 0.05) is 29.1 Å². The molecule has 2 heterocycles. The summed E-state index contributed by atoms with van der Waals surface area (Å²) in [5, 5.41) is 10.5. The molecule has 0 spiro atoms. The topological polar surface area (TPSA) is 62.5 Å². The van der Waals surface area contributed by atoms with Gasteiger partial charge in [0.2, 0.25) is 0 Å². The summed E-state index contributed by atoms with van der Waals surface area (Å²) in [6, 6.07) is 20.7. The highest BCUT2D eigenvalue weighted by Gasteiger charge is 2.41. The maximum absolute atomic E-state index is 13.6. The van der Waals surface area contributed by atoms with Gasteiger partial charge in [-0.25, -0.2) is 4.39 Å². The summed E-state index contributed by atoms with van der Waals surface area (Å²) < 4.78 is 15.7. The lowest BCUT2D eigenvalue weighted by atomic mass is 9.93. The molecule has 1 atom stereocenters. The number of carboxylic acids is 1. The molecule has 6 heteroatoms. The molecular formula is C25H19FN2O3. The second-order valence-electron chi connectivity index (χ2n) is 7.66. The van der Waals surface area contributed by atoms with E-state index in [1.807, 2.05) is 48.0 Å². The molecule has 1 N–H and O–H groups in total. The maximum Gasteiger partial charge on any atom is 0.323 e. The van der Waals surface area contributed by atoms with Crippen LogP contribution in [0, 0.1) is 5.82 Å². The Labute approximate surface area is 178 Å². The van der Waals surface area contributed by atoms with Gasteiger partial charge in [0.25, 0.3) is 5.91 Å². The van der Waals surface area contributed by atoms with E-state index in [0.717, 1.165) is 33.3 Å². The molecule has 4 aromatic rings. The molecule has 0 aliphatic carbocycles. The van der Waals surface area contributed by atoms with E-state index in [0.29, 0.717) is 5.56 Å². The van der Waals surface area contributed by atoms with E-state index in [1.165, 1.54) is 17.0 Å². The van der Waals surface area contributed by atoms with Crippen molar-refractivity contribution in [1.82, 2.24) is 9.47 Å². The average Bonchev–Trinajstić information content (AvgIpc) is 3.20. The monoisotopic (exact) mass is 414 g/mol. The number of hydrogen-bond acceptors (Lipinski definition) is 2. The van der Waals surface area contributed by atoms with Gasteiger partial charge in [0.05, 0.1) is 11.7 Å². The molecule has 0 saturated carbocycles. The van der Waals surface area contributed by atoms with E-state index >= 15 is 0 Å². The summed E-state index contributed by atoms with van der Waals surface area (Å²) in [6.45, 7) is -0.412. The molecule has 5 rings (SSSR count).